The fraction of sp³-hybridized carbons (Fsp3) is 0.714. The number of thioether (sulfide) groups is 1. The topological polar surface area (TPSA) is 12.5 Å². The maximum atomic E-state index is 5.39. The summed E-state index contributed by atoms with van der Waals surface area (Å²) in [4.78, 5) is 0. The number of hydrogen-bond acceptors (Lipinski definition) is 2. The van der Waals surface area contributed by atoms with Gasteiger partial charge in [0.2, 0.25) is 0 Å². The lowest BCUT2D eigenvalue weighted by Gasteiger charge is -2.22. The van der Waals surface area contributed by atoms with E-state index in [4.69, 9.17) is 4.74 Å². The van der Waals surface area contributed by atoms with E-state index in [1.165, 1.54) is 17.9 Å². The highest BCUT2D eigenvalue weighted by molar-refractivity contribution is 7.99. The van der Waals surface area contributed by atoms with E-state index in [1.807, 2.05) is 0 Å². The van der Waals surface area contributed by atoms with Crippen molar-refractivity contribution in [2.75, 3.05) is 11.5 Å². The summed E-state index contributed by atoms with van der Waals surface area (Å²) in [6.07, 6.45) is 2.52. The molecular formula is C7H8OS. The summed E-state index contributed by atoms with van der Waals surface area (Å²) >= 11 is 2.05. The molecule has 0 radical (unpaired) electrons. The number of hydrogen-bond donors (Lipinski definition) is 0. The van der Waals surface area contributed by atoms with Crippen molar-refractivity contribution in [3.05, 3.63) is 11.1 Å². The zero-order valence-electron chi connectivity index (χ0n) is 5.09. The molecule has 1 aliphatic carbocycles. The van der Waals surface area contributed by atoms with E-state index >= 15 is 0 Å². The standard InChI is InChI=1S/C7H8OS/c1-2-9-3-5-4(1)6-7(5)8-6/h6-7H,1-3H2. The first-order valence-electron chi connectivity index (χ1n) is 3.42. The molecule has 0 spiro atoms. The molecule has 1 fully saturated rings. The van der Waals surface area contributed by atoms with Crippen molar-refractivity contribution in [2.24, 2.45) is 0 Å². The normalized spacial score (nSPS) is 45.3. The van der Waals surface area contributed by atoms with Crippen molar-refractivity contribution in [1.82, 2.24) is 0 Å². The minimum atomic E-state index is 0.604. The number of ether oxygens (including phenoxy) is 1. The van der Waals surface area contributed by atoms with Gasteiger partial charge in [-0.25, -0.2) is 0 Å². The largest absolute Gasteiger partial charge is 0.360 e. The molecule has 2 heterocycles. The third-order valence-electron chi connectivity index (χ3n) is 2.36. The fourth-order valence-electron chi connectivity index (χ4n) is 1.75. The summed E-state index contributed by atoms with van der Waals surface area (Å²) in [5, 5.41) is 0. The molecule has 1 nitrogen and oxygen atoms in total. The van der Waals surface area contributed by atoms with Crippen LogP contribution in [0.3, 0.4) is 0 Å². The van der Waals surface area contributed by atoms with Crippen LogP contribution in [0.15, 0.2) is 11.1 Å². The van der Waals surface area contributed by atoms with Crippen LogP contribution in [0.25, 0.3) is 0 Å². The Morgan fingerprint density at radius 3 is 3.11 bits per heavy atom. The highest BCUT2D eigenvalue weighted by Crippen LogP contribution is 2.51. The van der Waals surface area contributed by atoms with Gasteiger partial charge >= 0.3 is 0 Å². The Hall–Kier alpha value is 0.0500. The van der Waals surface area contributed by atoms with Gasteiger partial charge in [0.05, 0.1) is 0 Å². The number of fused-ring (bicyclic) bond motifs is 3. The summed E-state index contributed by atoms with van der Waals surface area (Å²) in [5.41, 5.74) is 3.29. The summed E-state index contributed by atoms with van der Waals surface area (Å²) in [5.74, 6) is 2.59. The molecule has 3 aliphatic rings. The molecule has 1 saturated heterocycles. The molecule has 2 atom stereocenters. The Balaban J connectivity index is 1.99. The molecule has 0 amide bonds. The summed E-state index contributed by atoms with van der Waals surface area (Å²) < 4.78 is 5.39. The lowest BCUT2D eigenvalue weighted by Crippen LogP contribution is -2.22. The lowest BCUT2D eigenvalue weighted by atomic mass is 9.88. The summed E-state index contributed by atoms with van der Waals surface area (Å²) in [6, 6.07) is 0. The second kappa shape index (κ2) is 1.38. The van der Waals surface area contributed by atoms with Gasteiger partial charge in [-0.1, -0.05) is 0 Å². The van der Waals surface area contributed by atoms with Crippen LogP contribution in [0.5, 0.6) is 0 Å². The maximum Gasteiger partial charge on any atom is 0.111 e. The predicted molar refractivity (Wildman–Crippen MR) is 37.6 cm³/mol. The zero-order chi connectivity index (χ0) is 5.84. The van der Waals surface area contributed by atoms with E-state index in [2.05, 4.69) is 11.8 Å². The van der Waals surface area contributed by atoms with Crippen LogP contribution in [0, 0.1) is 0 Å². The van der Waals surface area contributed by atoms with Crippen molar-refractivity contribution in [3.63, 3.8) is 0 Å². The molecule has 2 heteroatoms. The minimum absolute atomic E-state index is 0.604. The predicted octanol–water partition coefficient (Wildman–Crippen LogP) is 1.20. The first-order valence-corrected chi connectivity index (χ1v) is 4.57. The van der Waals surface area contributed by atoms with E-state index in [0.29, 0.717) is 12.2 Å². The highest BCUT2D eigenvalue weighted by Gasteiger charge is 2.55. The quantitative estimate of drug-likeness (QED) is 0.370. The van der Waals surface area contributed by atoms with Crippen LogP contribution in [0.4, 0.5) is 0 Å². The van der Waals surface area contributed by atoms with Crippen LogP contribution < -0.4 is 0 Å². The van der Waals surface area contributed by atoms with E-state index < -0.39 is 0 Å². The molecule has 0 N–H and O–H groups in total. The number of epoxide rings is 1. The van der Waals surface area contributed by atoms with Gasteiger partial charge in [-0.3, -0.25) is 0 Å². The van der Waals surface area contributed by atoms with Gasteiger partial charge in [0.15, 0.2) is 0 Å². The van der Waals surface area contributed by atoms with E-state index in [-0.39, 0.29) is 0 Å². The third-order valence-corrected chi connectivity index (χ3v) is 3.37. The van der Waals surface area contributed by atoms with Crippen molar-refractivity contribution in [1.29, 1.82) is 0 Å². The van der Waals surface area contributed by atoms with Crippen molar-refractivity contribution in [2.45, 2.75) is 18.6 Å². The van der Waals surface area contributed by atoms with Crippen LogP contribution in [-0.2, 0) is 4.74 Å². The lowest BCUT2D eigenvalue weighted by molar-refractivity contribution is 0.420. The van der Waals surface area contributed by atoms with Gasteiger partial charge in [0.1, 0.15) is 12.2 Å². The molecule has 0 aromatic rings. The SMILES string of the molecule is C1CC2=C(CS1)C1OC21. The van der Waals surface area contributed by atoms with Crippen molar-refractivity contribution < 1.29 is 4.74 Å². The maximum absolute atomic E-state index is 5.39. The third kappa shape index (κ3) is 0.470. The van der Waals surface area contributed by atoms with Crippen LogP contribution in [0.2, 0.25) is 0 Å². The van der Waals surface area contributed by atoms with Gasteiger partial charge in [-0.2, -0.15) is 11.8 Å². The average molecular weight is 140 g/mol. The van der Waals surface area contributed by atoms with Crippen LogP contribution >= 0.6 is 11.8 Å². The average Bonchev–Trinajstić information content (AvgIpc) is 2.58. The van der Waals surface area contributed by atoms with Crippen LogP contribution in [-0.4, -0.2) is 23.7 Å². The minimum Gasteiger partial charge on any atom is -0.360 e. The Morgan fingerprint density at radius 1 is 1.33 bits per heavy atom. The molecule has 2 aliphatic heterocycles. The Bertz CT molecular complexity index is 177. The number of rotatable bonds is 0. The zero-order valence-corrected chi connectivity index (χ0v) is 5.91. The van der Waals surface area contributed by atoms with Crippen molar-refractivity contribution in [3.8, 4) is 0 Å². The van der Waals surface area contributed by atoms with Gasteiger partial charge in [0, 0.05) is 5.75 Å². The first-order chi connectivity index (χ1) is 4.47. The molecule has 2 unspecified atom stereocenters. The molecule has 0 saturated carbocycles. The molecule has 0 aromatic heterocycles. The van der Waals surface area contributed by atoms with Gasteiger partial charge in [0.25, 0.3) is 0 Å². The first kappa shape index (κ1) is 4.80. The molecule has 0 bridgehead atoms. The molecule has 48 valence electrons. The van der Waals surface area contributed by atoms with E-state index in [0.717, 1.165) is 0 Å². The molecular weight excluding hydrogens is 132 g/mol. The monoisotopic (exact) mass is 140 g/mol. The fourth-order valence-corrected chi connectivity index (χ4v) is 2.83. The summed E-state index contributed by atoms with van der Waals surface area (Å²) in [7, 11) is 0. The molecule has 3 rings (SSSR count). The van der Waals surface area contributed by atoms with E-state index in [1.54, 1.807) is 11.1 Å². The van der Waals surface area contributed by atoms with Crippen LogP contribution in [0.1, 0.15) is 6.42 Å². The smallest absolute Gasteiger partial charge is 0.111 e. The van der Waals surface area contributed by atoms with Crippen molar-refractivity contribution >= 4 is 11.8 Å². The summed E-state index contributed by atoms with van der Waals surface area (Å²) in [6.45, 7) is 0. The van der Waals surface area contributed by atoms with Gasteiger partial charge in [-0.05, 0) is 23.3 Å². The van der Waals surface area contributed by atoms with Gasteiger partial charge in [-0.15, -0.1) is 0 Å². The second-order valence-corrected chi connectivity index (χ2v) is 3.94. The highest BCUT2D eigenvalue weighted by atomic mass is 32.2. The molecule has 9 heavy (non-hydrogen) atoms. The Kier molecular flexibility index (Phi) is 0.735. The Morgan fingerprint density at radius 2 is 2.22 bits per heavy atom. The second-order valence-electron chi connectivity index (χ2n) is 2.83. The van der Waals surface area contributed by atoms with Gasteiger partial charge < -0.3 is 4.74 Å². The van der Waals surface area contributed by atoms with E-state index in [9.17, 15) is 0 Å². The molecule has 0 aromatic carbocycles. The Labute approximate surface area is 58.5 Å².